The largest absolute Gasteiger partial charge is 0.457 e. The second-order valence-corrected chi connectivity index (χ2v) is 12.2. The fraction of sp³-hybridized carbons (Fsp3) is 0.125. The van der Waals surface area contributed by atoms with Gasteiger partial charge in [0.15, 0.2) is 4.80 Å². The van der Waals surface area contributed by atoms with Crippen LogP contribution in [0.1, 0.15) is 40.5 Å². The lowest BCUT2D eigenvalue weighted by Gasteiger charge is -2.30. The van der Waals surface area contributed by atoms with Crippen LogP contribution in [0.5, 0.6) is 0 Å². The van der Waals surface area contributed by atoms with E-state index in [0.29, 0.717) is 25.9 Å². The number of fused-ring (bicyclic) bond motifs is 3. The van der Waals surface area contributed by atoms with Gasteiger partial charge in [0.25, 0.3) is 5.56 Å². The standard InChI is InChI=1S/C32H22BrClN2O2S/c1-18-6-12-22(34)16-26(18)27-15-13-23(38-27)17-28-31(37)36-30(20-7-10-21(33)11-8-20)25-14-9-19-4-2-3-5-24(19)29(25)35-32(36)39-28/h2-8,10-13,15-17,30H,9,14H2,1H3/b28-17-/t30-/m0/s1. The molecule has 7 rings (SSSR count). The highest BCUT2D eigenvalue weighted by atomic mass is 79.9. The molecule has 0 bridgehead atoms. The van der Waals surface area contributed by atoms with E-state index in [1.165, 1.54) is 22.5 Å². The maximum atomic E-state index is 14.0. The van der Waals surface area contributed by atoms with Gasteiger partial charge in [0, 0.05) is 26.7 Å². The first-order valence-corrected chi connectivity index (χ1v) is 14.7. The molecule has 3 aromatic carbocycles. The molecule has 4 nitrogen and oxygen atoms in total. The minimum atomic E-state index is -0.207. The number of rotatable bonds is 3. The minimum Gasteiger partial charge on any atom is -0.457 e. The van der Waals surface area contributed by atoms with Crippen LogP contribution >= 0.6 is 38.9 Å². The van der Waals surface area contributed by atoms with Crippen LogP contribution in [0.25, 0.3) is 23.1 Å². The van der Waals surface area contributed by atoms with Crippen LogP contribution in [0.4, 0.5) is 0 Å². The van der Waals surface area contributed by atoms with E-state index in [0.717, 1.165) is 45.3 Å². The Morgan fingerprint density at radius 3 is 2.69 bits per heavy atom. The van der Waals surface area contributed by atoms with Gasteiger partial charge in [-0.05, 0) is 78.4 Å². The number of aromatic nitrogens is 1. The van der Waals surface area contributed by atoms with Gasteiger partial charge < -0.3 is 4.42 Å². The Kier molecular flexibility index (Phi) is 6.07. The van der Waals surface area contributed by atoms with E-state index in [-0.39, 0.29) is 11.6 Å². The minimum absolute atomic E-state index is 0.0611. The van der Waals surface area contributed by atoms with Crippen LogP contribution in [0, 0.1) is 6.92 Å². The third-order valence-corrected chi connectivity index (χ3v) is 9.17. The smallest absolute Gasteiger partial charge is 0.271 e. The van der Waals surface area contributed by atoms with Crippen LogP contribution in [0.15, 0.2) is 103 Å². The predicted molar refractivity (Wildman–Crippen MR) is 161 cm³/mol. The van der Waals surface area contributed by atoms with Gasteiger partial charge in [0.2, 0.25) is 0 Å². The first kappa shape index (κ1) is 24.6. The lowest BCUT2D eigenvalue weighted by atomic mass is 9.83. The maximum Gasteiger partial charge on any atom is 0.271 e. The molecule has 7 heteroatoms. The monoisotopic (exact) mass is 612 g/mol. The number of furan rings is 1. The van der Waals surface area contributed by atoms with E-state index in [2.05, 4.69) is 52.3 Å². The number of halogens is 2. The second-order valence-electron chi connectivity index (χ2n) is 9.83. The molecule has 1 atom stereocenters. The van der Waals surface area contributed by atoms with Crippen molar-refractivity contribution in [1.82, 2.24) is 4.57 Å². The summed E-state index contributed by atoms with van der Waals surface area (Å²) in [7, 11) is 0. The van der Waals surface area contributed by atoms with Crippen LogP contribution in [0.3, 0.4) is 0 Å². The fourth-order valence-electron chi connectivity index (χ4n) is 5.53. The summed E-state index contributed by atoms with van der Waals surface area (Å²) in [6.45, 7) is 2.02. The lowest BCUT2D eigenvalue weighted by Crippen LogP contribution is -2.38. The first-order chi connectivity index (χ1) is 19.0. The van der Waals surface area contributed by atoms with Crippen molar-refractivity contribution in [3.05, 3.63) is 142 Å². The molecule has 3 heterocycles. The van der Waals surface area contributed by atoms with Crippen molar-refractivity contribution < 1.29 is 4.42 Å². The van der Waals surface area contributed by atoms with E-state index in [4.69, 9.17) is 21.0 Å². The molecule has 2 aromatic heterocycles. The second kappa shape index (κ2) is 9.63. The summed E-state index contributed by atoms with van der Waals surface area (Å²) in [4.78, 5) is 19.7. The van der Waals surface area contributed by atoms with Gasteiger partial charge in [-0.2, -0.15) is 0 Å². The van der Waals surface area contributed by atoms with Gasteiger partial charge in [0.1, 0.15) is 11.5 Å². The Morgan fingerprint density at radius 2 is 1.85 bits per heavy atom. The Labute approximate surface area is 242 Å². The van der Waals surface area contributed by atoms with Crippen LogP contribution in [-0.4, -0.2) is 4.57 Å². The van der Waals surface area contributed by atoms with E-state index < -0.39 is 0 Å². The predicted octanol–water partition coefficient (Wildman–Crippen LogP) is 7.30. The molecule has 1 aliphatic carbocycles. The summed E-state index contributed by atoms with van der Waals surface area (Å²) in [5.41, 5.74) is 7.66. The summed E-state index contributed by atoms with van der Waals surface area (Å²) in [6.07, 6.45) is 3.61. The lowest BCUT2D eigenvalue weighted by molar-refractivity contribution is 0.570. The summed E-state index contributed by atoms with van der Waals surface area (Å²) >= 11 is 11.2. The Hall–Kier alpha value is -3.45. The third-order valence-electron chi connectivity index (χ3n) is 7.42. The molecular weight excluding hydrogens is 592 g/mol. The van der Waals surface area contributed by atoms with Crippen molar-refractivity contribution in [2.45, 2.75) is 25.8 Å². The fourth-order valence-corrected chi connectivity index (χ4v) is 6.95. The molecule has 39 heavy (non-hydrogen) atoms. The summed E-state index contributed by atoms with van der Waals surface area (Å²) in [5, 5.41) is 0.653. The average molecular weight is 614 g/mol. The molecule has 0 unspecified atom stereocenters. The Morgan fingerprint density at radius 1 is 1.03 bits per heavy atom. The van der Waals surface area contributed by atoms with Crippen molar-refractivity contribution in [2.75, 3.05) is 0 Å². The Bertz CT molecular complexity index is 1980. The van der Waals surface area contributed by atoms with E-state index in [9.17, 15) is 4.79 Å². The first-order valence-electron chi connectivity index (χ1n) is 12.7. The molecule has 2 aliphatic rings. The number of hydrogen-bond donors (Lipinski definition) is 0. The Balaban J connectivity index is 1.40. The zero-order valence-electron chi connectivity index (χ0n) is 20.9. The SMILES string of the molecule is Cc1ccc(Cl)cc1-c1ccc(/C=c2\sc3n(c2=O)[C@@H](c2ccc(Br)cc2)C2=C(N=3)c3ccccc3CC2)o1. The van der Waals surface area contributed by atoms with Crippen molar-refractivity contribution in [2.24, 2.45) is 4.99 Å². The summed E-state index contributed by atoms with van der Waals surface area (Å²) in [5.74, 6) is 1.33. The van der Waals surface area contributed by atoms with E-state index >= 15 is 0 Å². The molecule has 1 aliphatic heterocycles. The zero-order valence-corrected chi connectivity index (χ0v) is 24.1. The highest BCUT2D eigenvalue weighted by Gasteiger charge is 2.32. The van der Waals surface area contributed by atoms with Gasteiger partial charge >= 0.3 is 0 Å². The number of thiazole rings is 1. The number of benzene rings is 3. The van der Waals surface area contributed by atoms with Gasteiger partial charge in [-0.25, -0.2) is 4.99 Å². The van der Waals surface area contributed by atoms with Gasteiger partial charge in [-0.1, -0.05) is 81.3 Å². The van der Waals surface area contributed by atoms with Crippen LogP contribution < -0.4 is 14.9 Å². The number of aryl methyl sites for hydroxylation is 2. The molecule has 0 spiro atoms. The molecule has 0 saturated heterocycles. The summed E-state index contributed by atoms with van der Waals surface area (Å²) in [6, 6.07) is 26.0. The highest BCUT2D eigenvalue weighted by molar-refractivity contribution is 9.10. The van der Waals surface area contributed by atoms with Crippen LogP contribution in [0.2, 0.25) is 5.02 Å². The topological polar surface area (TPSA) is 47.5 Å². The van der Waals surface area contributed by atoms with Crippen molar-refractivity contribution >= 4 is 50.6 Å². The van der Waals surface area contributed by atoms with Gasteiger partial charge in [0.05, 0.1) is 16.3 Å². The van der Waals surface area contributed by atoms with Crippen molar-refractivity contribution in [1.29, 1.82) is 0 Å². The molecule has 0 saturated carbocycles. The number of hydrogen-bond acceptors (Lipinski definition) is 4. The van der Waals surface area contributed by atoms with Crippen molar-refractivity contribution in [3.8, 4) is 11.3 Å². The molecule has 0 radical (unpaired) electrons. The third kappa shape index (κ3) is 4.27. The summed E-state index contributed by atoms with van der Waals surface area (Å²) < 4.78 is 9.61. The van der Waals surface area contributed by atoms with Gasteiger partial charge in [-0.3, -0.25) is 9.36 Å². The van der Waals surface area contributed by atoms with Gasteiger partial charge in [-0.15, -0.1) is 0 Å². The van der Waals surface area contributed by atoms with Crippen molar-refractivity contribution in [3.63, 3.8) is 0 Å². The normalized spacial score (nSPS) is 16.5. The number of allylic oxidation sites excluding steroid dienone is 1. The molecule has 0 N–H and O–H groups in total. The average Bonchev–Trinajstić information content (AvgIpc) is 3.53. The van der Waals surface area contributed by atoms with E-state index in [1.54, 1.807) is 0 Å². The highest BCUT2D eigenvalue weighted by Crippen LogP contribution is 2.41. The van der Waals surface area contributed by atoms with E-state index in [1.807, 2.05) is 60.0 Å². The maximum absolute atomic E-state index is 14.0. The quantitative estimate of drug-likeness (QED) is 0.214. The molecular formula is C32H22BrClN2O2S. The number of nitrogens with zero attached hydrogens (tertiary/aromatic N) is 2. The molecule has 0 fully saturated rings. The molecule has 0 amide bonds. The van der Waals surface area contributed by atoms with Crippen LogP contribution in [-0.2, 0) is 6.42 Å². The molecule has 5 aromatic rings. The zero-order chi connectivity index (χ0) is 26.7. The molecule has 192 valence electrons.